The molecule has 1 aromatic carbocycles. The van der Waals surface area contributed by atoms with Gasteiger partial charge >= 0.3 is 0 Å². The van der Waals surface area contributed by atoms with E-state index in [-0.39, 0.29) is 11.9 Å². The molecule has 0 heterocycles. The summed E-state index contributed by atoms with van der Waals surface area (Å²) in [6, 6.07) is 7.52. The van der Waals surface area contributed by atoms with E-state index in [2.05, 4.69) is 5.32 Å². The fourth-order valence-electron chi connectivity index (χ4n) is 1.82. The minimum atomic E-state index is -0.0549. The van der Waals surface area contributed by atoms with E-state index in [0.717, 1.165) is 24.8 Å². The molecule has 18 heavy (non-hydrogen) atoms. The minimum absolute atomic E-state index is 0.0549. The van der Waals surface area contributed by atoms with Crippen LogP contribution in [0.15, 0.2) is 24.3 Å². The Bertz CT molecular complexity index is 382. The Hall–Kier alpha value is -1.06. The van der Waals surface area contributed by atoms with Gasteiger partial charge in [0, 0.05) is 11.4 Å². The molecule has 100 valence electrons. The zero-order valence-electron chi connectivity index (χ0n) is 10.8. The summed E-state index contributed by atoms with van der Waals surface area (Å²) in [5.74, 6) is 0.0689. The first-order chi connectivity index (χ1) is 8.65. The normalized spacial score (nSPS) is 12.2. The summed E-state index contributed by atoms with van der Waals surface area (Å²) in [5, 5.41) is 3.65. The van der Waals surface area contributed by atoms with Gasteiger partial charge in [0.1, 0.15) is 0 Å². The van der Waals surface area contributed by atoms with Crippen molar-refractivity contribution in [1.29, 1.82) is 0 Å². The highest BCUT2D eigenvalue weighted by Crippen LogP contribution is 2.22. The number of carbonyl (C=O) groups is 1. The first kappa shape index (κ1) is 15.0. The van der Waals surface area contributed by atoms with Crippen LogP contribution in [0, 0.1) is 0 Å². The number of halogens is 1. The van der Waals surface area contributed by atoms with E-state index >= 15 is 0 Å². The number of carbonyl (C=O) groups excluding carboxylic acids is 1. The van der Waals surface area contributed by atoms with Crippen molar-refractivity contribution in [3.8, 4) is 0 Å². The molecule has 1 aromatic rings. The van der Waals surface area contributed by atoms with Crippen LogP contribution in [0.1, 0.15) is 44.2 Å². The molecular formula is C14H21ClN2O. The van der Waals surface area contributed by atoms with E-state index in [1.165, 1.54) is 0 Å². The highest BCUT2D eigenvalue weighted by Gasteiger charge is 2.11. The number of amides is 1. The van der Waals surface area contributed by atoms with Gasteiger partial charge in [0.2, 0.25) is 5.91 Å². The first-order valence-corrected chi connectivity index (χ1v) is 6.76. The van der Waals surface area contributed by atoms with Crippen LogP contribution in [0.4, 0.5) is 0 Å². The van der Waals surface area contributed by atoms with Crippen LogP contribution in [0.5, 0.6) is 0 Å². The number of hydrogen-bond donors (Lipinski definition) is 2. The molecule has 0 aliphatic heterocycles. The van der Waals surface area contributed by atoms with E-state index in [9.17, 15) is 4.79 Å². The lowest BCUT2D eigenvalue weighted by Gasteiger charge is -2.15. The van der Waals surface area contributed by atoms with E-state index in [4.69, 9.17) is 17.3 Å². The number of unbranched alkanes of at least 4 members (excludes halogenated alkanes) is 2. The third-order valence-corrected chi connectivity index (χ3v) is 3.20. The van der Waals surface area contributed by atoms with Crippen molar-refractivity contribution in [3.63, 3.8) is 0 Å². The quantitative estimate of drug-likeness (QED) is 0.747. The minimum Gasteiger partial charge on any atom is -0.350 e. The average Bonchev–Trinajstić information content (AvgIpc) is 2.35. The maximum atomic E-state index is 11.7. The topological polar surface area (TPSA) is 55.1 Å². The van der Waals surface area contributed by atoms with E-state index in [1.807, 2.05) is 31.2 Å². The molecular weight excluding hydrogens is 248 g/mol. The highest BCUT2D eigenvalue weighted by atomic mass is 35.5. The molecule has 3 nitrogen and oxygen atoms in total. The third kappa shape index (κ3) is 5.07. The molecule has 1 unspecified atom stereocenters. The van der Waals surface area contributed by atoms with E-state index in [0.29, 0.717) is 18.0 Å². The van der Waals surface area contributed by atoms with E-state index < -0.39 is 0 Å². The van der Waals surface area contributed by atoms with Crippen molar-refractivity contribution in [1.82, 2.24) is 5.32 Å². The van der Waals surface area contributed by atoms with Crippen molar-refractivity contribution in [2.45, 2.75) is 38.6 Å². The van der Waals surface area contributed by atoms with Gasteiger partial charge in [-0.2, -0.15) is 0 Å². The van der Waals surface area contributed by atoms with Crippen LogP contribution in [0.2, 0.25) is 5.02 Å². The Kier molecular flexibility index (Phi) is 6.76. The Morgan fingerprint density at radius 3 is 2.72 bits per heavy atom. The molecule has 0 aliphatic rings. The van der Waals surface area contributed by atoms with Gasteiger partial charge in [0.05, 0.1) is 6.04 Å². The highest BCUT2D eigenvalue weighted by molar-refractivity contribution is 6.31. The number of hydrogen-bond acceptors (Lipinski definition) is 2. The molecule has 0 aromatic heterocycles. The van der Waals surface area contributed by atoms with Gasteiger partial charge in [0.15, 0.2) is 0 Å². The number of nitrogens with one attached hydrogen (secondary N) is 1. The first-order valence-electron chi connectivity index (χ1n) is 6.39. The number of rotatable bonds is 7. The summed E-state index contributed by atoms with van der Waals surface area (Å²) < 4.78 is 0. The molecule has 4 heteroatoms. The summed E-state index contributed by atoms with van der Waals surface area (Å²) >= 11 is 6.08. The maximum Gasteiger partial charge on any atom is 0.220 e. The molecule has 1 amide bonds. The fraction of sp³-hybridized carbons (Fsp3) is 0.500. The SMILES string of the molecule is CC(NC(=O)CCCCCN)c1ccccc1Cl. The monoisotopic (exact) mass is 268 g/mol. The van der Waals surface area contributed by atoms with Gasteiger partial charge in [0.25, 0.3) is 0 Å². The largest absolute Gasteiger partial charge is 0.350 e. The molecule has 0 bridgehead atoms. The standard InChI is InChI=1S/C14H21ClN2O/c1-11(12-7-4-5-8-13(12)15)17-14(18)9-3-2-6-10-16/h4-5,7-8,11H,2-3,6,9-10,16H2,1H3,(H,17,18). The summed E-state index contributed by atoms with van der Waals surface area (Å²) in [7, 11) is 0. The average molecular weight is 269 g/mol. The number of nitrogens with two attached hydrogens (primary N) is 1. The van der Waals surface area contributed by atoms with Crippen LogP contribution in [0.25, 0.3) is 0 Å². The van der Waals surface area contributed by atoms with Crippen molar-refractivity contribution >= 4 is 17.5 Å². The Balaban J connectivity index is 2.38. The van der Waals surface area contributed by atoms with Crippen LogP contribution < -0.4 is 11.1 Å². The van der Waals surface area contributed by atoms with Crippen molar-refractivity contribution in [2.24, 2.45) is 5.73 Å². The lowest BCUT2D eigenvalue weighted by molar-refractivity contribution is -0.121. The second kappa shape index (κ2) is 8.11. The van der Waals surface area contributed by atoms with Gasteiger partial charge in [-0.05, 0) is 37.9 Å². The summed E-state index contributed by atoms with van der Waals surface area (Å²) in [5.41, 5.74) is 6.36. The zero-order valence-corrected chi connectivity index (χ0v) is 11.5. The van der Waals surface area contributed by atoms with E-state index in [1.54, 1.807) is 0 Å². The van der Waals surface area contributed by atoms with Crippen LogP contribution in [-0.2, 0) is 4.79 Å². The van der Waals surface area contributed by atoms with Gasteiger partial charge < -0.3 is 11.1 Å². The summed E-state index contributed by atoms with van der Waals surface area (Å²) in [6.07, 6.45) is 3.42. The molecule has 1 rings (SSSR count). The van der Waals surface area contributed by atoms with Gasteiger partial charge in [-0.25, -0.2) is 0 Å². The Morgan fingerprint density at radius 2 is 2.06 bits per heavy atom. The lowest BCUT2D eigenvalue weighted by Crippen LogP contribution is -2.26. The molecule has 0 fully saturated rings. The van der Waals surface area contributed by atoms with Gasteiger partial charge in [-0.15, -0.1) is 0 Å². The Morgan fingerprint density at radius 1 is 1.33 bits per heavy atom. The van der Waals surface area contributed by atoms with Gasteiger partial charge in [-0.1, -0.05) is 36.2 Å². The molecule has 0 aliphatic carbocycles. The second-order valence-corrected chi connectivity index (χ2v) is 4.82. The van der Waals surface area contributed by atoms with Crippen LogP contribution in [0.3, 0.4) is 0 Å². The fourth-order valence-corrected chi connectivity index (χ4v) is 2.12. The molecule has 0 saturated carbocycles. The molecule has 0 radical (unpaired) electrons. The molecule has 1 atom stereocenters. The van der Waals surface area contributed by atoms with Crippen LogP contribution in [-0.4, -0.2) is 12.5 Å². The van der Waals surface area contributed by atoms with Crippen LogP contribution >= 0.6 is 11.6 Å². The third-order valence-electron chi connectivity index (χ3n) is 2.86. The van der Waals surface area contributed by atoms with Gasteiger partial charge in [-0.3, -0.25) is 4.79 Å². The summed E-state index contributed by atoms with van der Waals surface area (Å²) in [4.78, 5) is 11.7. The molecule has 3 N–H and O–H groups in total. The predicted molar refractivity (Wildman–Crippen MR) is 75.5 cm³/mol. The Labute approximate surface area is 114 Å². The lowest BCUT2D eigenvalue weighted by atomic mass is 10.1. The number of benzene rings is 1. The van der Waals surface area contributed by atoms with Crippen molar-refractivity contribution in [3.05, 3.63) is 34.9 Å². The second-order valence-electron chi connectivity index (χ2n) is 4.41. The predicted octanol–water partition coefficient (Wildman–Crippen LogP) is 3.04. The maximum absolute atomic E-state index is 11.7. The van der Waals surface area contributed by atoms with Crippen molar-refractivity contribution < 1.29 is 4.79 Å². The van der Waals surface area contributed by atoms with Crippen molar-refractivity contribution in [2.75, 3.05) is 6.54 Å². The smallest absolute Gasteiger partial charge is 0.220 e. The molecule has 0 spiro atoms. The summed E-state index contributed by atoms with van der Waals surface area (Å²) in [6.45, 7) is 2.64. The zero-order chi connectivity index (χ0) is 13.4. The molecule has 0 saturated heterocycles.